The van der Waals surface area contributed by atoms with Gasteiger partial charge in [0.25, 0.3) is 0 Å². The molecule has 1 heterocycles. The maximum Gasteiger partial charge on any atom is 0.310 e. The van der Waals surface area contributed by atoms with Gasteiger partial charge in [-0.05, 0) is 81.8 Å². The van der Waals surface area contributed by atoms with Gasteiger partial charge in [0.2, 0.25) is 5.91 Å². The molecule has 0 aliphatic heterocycles. The second-order valence-corrected chi connectivity index (χ2v) is 11.5. The van der Waals surface area contributed by atoms with E-state index in [1.54, 1.807) is 53.7 Å². The number of primary amides is 1. The topological polar surface area (TPSA) is 118 Å². The van der Waals surface area contributed by atoms with Gasteiger partial charge in [-0.15, -0.1) is 0 Å². The molecule has 1 aromatic heterocycles. The van der Waals surface area contributed by atoms with Gasteiger partial charge in [-0.3, -0.25) is 14.4 Å². The van der Waals surface area contributed by atoms with Crippen LogP contribution in [-0.2, 0) is 36.9 Å². The molecule has 2 rings (SSSR count). The molecule has 196 valence electrons. The van der Waals surface area contributed by atoms with Gasteiger partial charge < -0.3 is 19.9 Å². The third-order valence-electron chi connectivity index (χ3n) is 4.91. The van der Waals surface area contributed by atoms with E-state index in [9.17, 15) is 14.4 Å². The van der Waals surface area contributed by atoms with Crippen molar-refractivity contribution in [3.63, 3.8) is 0 Å². The van der Waals surface area contributed by atoms with Crippen molar-refractivity contribution in [2.24, 2.45) is 17.6 Å². The summed E-state index contributed by atoms with van der Waals surface area (Å²) < 4.78 is 17.4. The van der Waals surface area contributed by atoms with Crippen molar-refractivity contribution < 1.29 is 28.6 Å². The molecule has 8 nitrogen and oxygen atoms in total. The lowest BCUT2D eigenvalue weighted by atomic mass is 9.85. The normalized spacial score (nSPS) is 13.4. The predicted molar refractivity (Wildman–Crippen MR) is 144 cm³/mol. The van der Waals surface area contributed by atoms with Crippen LogP contribution in [0.2, 0.25) is 0 Å². The fourth-order valence-corrected chi connectivity index (χ4v) is 4.06. The molecule has 0 saturated carbocycles. The minimum absolute atomic E-state index is 0.0526. The fraction of sp³-hybridized carbons (Fsp3) is 0.481. The van der Waals surface area contributed by atoms with Gasteiger partial charge in [-0.1, -0.05) is 30.3 Å². The number of esters is 2. The number of benzene rings is 1. The minimum atomic E-state index is -1.12. The van der Waals surface area contributed by atoms with E-state index >= 15 is 0 Å². The largest absolute Gasteiger partial charge is 0.486 e. The fourth-order valence-electron chi connectivity index (χ4n) is 3.41. The Morgan fingerprint density at radius 2 is 1.53 bits per heavy atom. The quantitative estimate of drug-likeness (QED) is 0.238. The molecule has 0 aliphatic carbocycles. The first kappa shape index (κ1) is 29.5. The Balaban J connectivity index is 2.24. The molecule has 2 atom stereocenters. The van der Waals surface area contributed by atoms with Gasteiger partial charge in [0, 0.05) is 12.1 Å². The van der Waals surface area contributed by atoms with Crippen LogP contribution in [0.4, 0.5) is 0 Å². The van der Waals surface area contributed by atoms with Gasteiger partial charge in [0.05, 0.1) is 18.3 Å². The summed E-state index contributed by atoms with van der Waals surface area (Å²) in [5, 5.41) is 0. The maximum absolute atomic E-state index is 13.1. The van der Waals surface area contributed by atoms with Gasteiger partial charge in [0.1, 0.15) is 21.5 Å². The van der Waals surface area contributed by atoms with Crippen LogP contribution < -0.4 is 10.5 Å². The van der Waals surface area contributed by atoms with Gasteiger partial charge in [-0.2, -0.15) is 0 Å². The van der Waals surface area contributed by atoms with E-state index in [0.29, 0.717) is 21.8 Å². The van der Waals surface area contributed by atoms with Gasteiger partial charge in [0.15, 0.2) is 5.75 Å². The number of ether oxygens (including phenoxy) is 3. The van der Waals surface area contributed by atoms with Crippen molar-refractivity contribution in [1.29, 1.82) is 0 Å². The number of nitrogens with two attached hydrogens (primary N) is 1. The zero-order valence-electron chi connectivity index (χ0n) is 21.7. The Labute approximate surface area is 226 Å². The molecule has 36 heavy (non-hydrogen) atoms. The second kappa shape index (κ2) is 12.5. The lowest BCUT2D eigenvalue weighted by Crippen LogP contribution is -2.41. The van der Waals surface area contributed by atoms with Gasteiger partial charge >= 0.3 is 11.9 Å². The number of carbonyl (C=O) groups is 3. The summed E-state index contributed by atoms with van der Waals surface area (Å²) in [4.78, 5) is 42.7. The standard InChI is InChI=1S/C27H35IN2O6/c1-26(2,3)35-22(31)15-20(25(33)36-27(4,5)6)19(24(29)32)14-18-12-13-21(23(28)30-18)34-16-17-10-8-7-9-11-17/h7-13,19-20H,14-16H2,1-6H3,(H2,29,32)/t19?,20-/m0/s1. The Hall–Kier alpha value is -2.69. The number of aromatic nitrogens is 1. The van der Waals surface area contributed by atoms with E-state index in [1.165, 1.54) is 0 Å². The molecule has 0 aliphatic rings. The zero-order chi connectivity index (χ0) is 27.1. The molecule has 9 heteroatoms. The van der Waals surface area contributed by atoms with E-state index < -0.39 is 40.9 Å². The van der Waals surface area contributed by atoms with Crippen molar-refractivity contribution in [2.45, 2.75) is 72.2 Å². The van der Waals surface area contributed by atoms with E-state index in [4.69, 9.17) is 19.9 Å². The van der Waals surface area contributed by atoms with E-state index in [-0.39, 0.29) is 12.8 Å². The summed E-state index contributed by atoms with van der Waals surface area (Å²) >= 11 is 2.06. The van der Waals surface area contributed by atoms with Crippen LogP contribution in [0.3, 0.4) is 0 Å². The summed E-state index contributed by atoms with van der Waals surface area (Å²) in [7, 11) is 0. The molecule has 1 unspecified atom stereocenters. The van der Waals surface area contributed by atoms with Crippen LogP contribution in [0.5, 0.6) is 5.75 Å². The lowest BCUT2D eigenvalue weighted by Gasteiger charge is -2.28. The number of pyridine rings is 1. The molecule has 0 spiro atoms. The molecule has 0 fully saturated rings. The number of carbonyl (C=O) groups excluding carboxylic acids is 3. The zero-order valence-corrected chi connectivity index (χ0v) is 23.8. The molecule has 0 radical (unpaired) electrons. The first-order chi connectivity index (χ1) is 16.6. The first-order valence-electron chi connectivity index (χ1n) is 11.7. The number of halogens is 1. The smallest absolute Gasteiger partial charge is 0.310 e. The van der Waals surface area contributed by atoms with Crippen molar-refractivity contribution in [2.75, 3.05) is 0 Å². The van der Waals surface area contributed by atoms with Crippen LogP contribution in [0.25, 0.3) is 0 Å². The van der Waals surface area contributed by atoms with Crippen molar-refractivity contribution in [3.8, 4) is 5.75 Å². The van der Waals surface area contributed by atoms with E-state index in [1.807, 2.05) is 30.3 Å². The molecule has 0 saturated heterocycles. The Morgan fingerprint density at radius 3 is 2.06 bits per heavy atom. The van der Waals surface area contributed by atoms with Crippen LogP contribution in [0.15, 0.2) is 42.5 Å². The monoisotopic (exact) mass is 610 g/mol. The van der Waals surface area contributed by atoms with Crippen LogP contribution in [-0.4, -0.2) is 34.0 Å². The number of rotatable bonds is 10. The summed E-state index contributed by atoms with van der Waals surface area (Å²) in [6.07, 6.45) is -0.286. The number of amides is 1. The number of hydrogen-bond donors (Lipinski definition) is 1. The maximum atomic E-state index is 13.1. The van der Waals surface area contributed by atoms with E-state index in [2.05, 4.69) is 27.6 Å². The Bertz CT molecular complexity index is 1060. The minimum Gasteiger partial charge on any atom is -0.486 e. The van der Waals surface area contributed by atoms with Crippen LogP contribution >= 0.6 is 22.6 Å². The molecule has 1 amide bonds. The summed E-state index contributed by atoms with van der Waals surface area (Å²) in [6, 6.07) is 13.2. The summed E-state index contributed by atoms with van der Waals surface area (Å²) in [5.74, 6) is -3.57. The third kappa shape index (κ3) is 10.1. The van der Waals surface area contributed by atoms with Crippen molar-refractivity contribution in [1.82, 2.24) is 4.98 Å². The summed E-state index contributed by atoms with van der Waals surface area (Å²) in [6.45, 7) is 10.7. The molecule has 2 aromatic rings. The summed E-state index contributed by atoms with van der Waals surface area (Å²) in [5.41, 5.74) is 5.72. The predicted octanol–water partition coefficient (Wildman–Crippen LogP) is 4.60. The highest BCUT2D eigenvalue weighted by Crippen LogP contribution is 2.28. The Morgan fingerprint density at radius 1 is 0.917 bits per heavy atom. The average Bonchev–Trinajstić information content (AvgIpc) is 2.73. The third-order valence-corrected chi connectivity index (χ3v) is 5.68. The molecule has 0 bridgehead atoms. The van der Waals surface area contributed by atoms with E-state index in [0.717, 1.165) is 5.56 Å². The van der Waals surface area contributed by atoms with Crippen molar-refractivity contribution in [3.05, 3.63) is 57.4 Å². The Kier molecular flexibility index (Phi) is 10.3. The SMILES string of the molecule is CC(C)(C)OC(=O)C[C@H](C(=O)OC(C)(C)C)C(Cc1ccc(OCc2ccccc2)c(I)n1)C(N)=O. The highest BCUT2D eigenvalue weighted by molar-refractivity contribution is 14.1. The highest BCUT2D eigenvalue weighted by atomic mass is 127. The van der Waals surface area contributed by atoms with Gasteiger partial charge in [-0.25, -0.2) is 4.98 Å². The number of hydrogen-bond acceptors (Lipinski definition) is 7. The molecular formula is C27H35IN2O6. The molecule has 2 N–H and O–H groups in total. The lowest BCUT2D eigenvalue weighted by molar-refractivity contribution is -0.170. The van der Waals surface area contributed by atoms with Crippen molar-refractivity contribution >= 4 is 40.4 Å². The highest BCUT2D eigenvalue weighted by Gasteiger charge is 2.38. The average molecular weight is 610 g/mol. The number of nitrogens with zero attached hydrogens (tertiary/aromatic N) is 1. The van der Waals surface area contributed by atoms with Crippen LogP contribution in [0, 0.1) is 15.5 Å². The first-order valence-corrected chi connectivity index (χ1v) is 12.8. The van der Waals surface area contributed by atoms with Crippen LogP contribution in [0.1, 0.15) is 59.2 Å². The molecular weight excluding hydrogens is 575 g/mol. The second-order valence-electron chi connectivity index (χ2n) is 10.5. The molecule has 1 aromatic carbocycles.